The molecule has 0 aromatic heterocycles. The second kappa shape index (κ2) is 7.98. The predicted molar refractivity (Wildman–Crippen MR) is 92.2 cm³/mol. The topological polar surface area (TPSA) is 43.8 Å². The average Bonchev–Trinajstić information content (AvgIpc) is 2.83. The van der Waals surface area contributed by atoms with E-state index < -0.39 is 5.60 Å². The summed E-state index contributed by atoms with van der Waals surface area (Å²) in [5, 5.41) is 10.5. The van der Waals surface area contributed by atoms with E-state index in [1.54, 1.807) is 0 Å². The molecular formula is C19H34N2O2. The molecule has 0 spiro atoms. The molecular weight excluding hydrogens is 288 g/mol. The average molecular weight is 322 g/mol. The summed E-state index contributed by atoms with van der Waals surface area (Å²) >= 11 is 0. The van der Waals surface area contributed by atoms with Gasteiger partial charge in [-0.05, 0) is 44.6 Å². The Morgan fingerprint density at radius 3 is 2.39 bits per heavy atom. The first kappa shape index (κ1) is 17.2. The van der Waals surface area contributed by atoms with Gasteiger partial charge in [0.1, 0.15) is 0 Å². The molecule has 3 rings (SSSR count). The monoisotopic (exact) mass is 322 g/mol. The van der Waals surface area contributed by atoms with E-state index in [1.165, 1.54) is 38.6 Å². The molecule has 0 unspecified atom stereocenters. The largest absolute Gasteiger partial charge is 0.389 e. The van der Waals surface area contributed by atoms with Crippen LogP contribution in [0.15, 0.2) is 0 Å². The molecule has 0 bridgehead atoms. The summed E-state index contributed by atoms with van der Waals surface area (Å²) < 4.78 is 0. The summed E-state index contributed by atoms with van der Waals surface area (Å²) in [5.41, 5.74) is -0.703. The van der Waals surface area contributed by atoms with Crippen molar-refractivity contribution in [3.05, 3.63) is 0 Å². The summed E-state index contributed by atoms with van der Waals surface area (Å²) in [6.07, 6.45) is 12.2. The van der Waals surface area contributed by atoms with Gasteiger partial charge in [-0.1, -0.05) is 32.1 Å². The van der Waals surface area contributed by atoms with Gasteiger partial charge in [-0.25, -0.2) is 0 Å². The highest BCUT2D eigenvalue weighted by Crippen LogP contribution is 2.33. The minimum atomic E-state index is -0.703. The molecule has 23 heavy (non-hydrogen) atoms. The first-order valence-electron chi connectivity index (χ1n) is 9.87. The van der Waals surface area contributed by atoms with E-state index in [1.807, 2.05) is 4.90 Å². The third-order valence-corrected chi connectivity index (χ3v) is 6.20. The van der Waals surface area contributed by atoms with Gasteiger partial charge in [0.2, 0.25) is 5.91 Å². The van der Waals surface area contributed by atoms with E-state index in [4.69, 9.17) is 0 Å². The van der Waals surface area contributed by atoms with E-state index in [0.29, 0.717) is 6.42 Å². The van der Waals surface area contributed by atoms with Crippen LogP contribution in [0.5, 0.6) is 0 Å². The summed E-state index contributed by atoms with van der Waals surface area (Å²) in [6.45, 7) is 5.09. The number of amides is 1. The fraction of sp³-hybridized carbons (Fsp3) is 0.947. The van der Waals surface area contributed by atoms with Crippen LogP contribution in [0.25, 0.3) is 0 Å². The first-order chi connectivity index (χ1) is 11.1. The van der Waals surface area contributed by atoms with Gasteiger partial charge in [0, 0.05) is 26.2 Å². The normalized spacial score (nSPS) is 27.1. The highest BCUT2D eigenvalue weighted by Gasteiger charge is 2.35. The van der Waals surface area contributed by atoms with Gasteiger partial charge in [-0.15, -0.1) is 0 Å². The van der Waals surface area contributed by atoms with Crippen molar-refractivity contribution in [3.63, 3.8) is 0 Å². The Bertz CT molecular complexity index is 387. The highest BCUT2D eigenvalue weighted by molar-refractivity contribution is 5.77. The molecule has 2 aliphatic carbocycles. The smallest absolute Gasteiger partial charge is 0.225 e. The SMILES string of the molecule is O=C(CC1(O)CCCC1)N1CCCN(CC2CCCCC2)CC1. The predicted octanol–water partition coefficient (Wildman–Crippen LogP) is 2.80. The van der Waals surface area contributed by atoms with Crippen LogP contribution in [0, 0.1) is 5.92 Å². The van der Waals surface area contributed by atoms with Crippen LogP contribution in [0.1, 0.15) is 70.6 Å². The van der Waals surface area contributed by atoms with Crippen LogP contribution < -0.4 is 0 Å². The second-order valence-electron chi connectivity index (χ2n) is 8.15. The van der Waals surface area contributed by atoms with Crippen LogP contribution in [0.4, 0.5) is 0 Å². The first-order valence-corrected chi connectivity index (χ1v) is 9.87. The van der Waals surface area contributed by atoms with E-state index >= 15 is 0 Å². The van der Waals surface area contributed by atoms with Crippen LogP contribution in [-0.2, 0) is 4.79 Å². The molecule has 0 aromatic rings. The molecule has 1 aliphatic heterocycles. The van der Waals surface area contributed by atoms with Crippen LogP contribution in [-0.4, -0.2) is 59.1 Å². The second-order valence-corrected chi connectivity index (χ2v) is 8.15. The fourth-order valence-electron chi connectivity index (χ4n) is 4.74. The molecule has 2 saturated carbocycles. The maximum absolute atomic E-state index is 12.6. The Labute approximate surface area is 141 Å². The number of carbonyl (C=O) groups is 1. The quantitative estimate of drug-likeness (QED) is 0.865. The summed E-state index contributed by atoms with van der Waals surface area (Å²) in [4.78, 5) is 17.1. The highest BCUT2D eigenvalue weighted by atomic mass is 16.3. The lowest BCUT2D eigenvalue weighted by Gasteiger charge is -2.29. The van der Waals surface area contributed by atoms with Crippen molar-refractivity contribution in [3.8, 4) is 0 Å². The maximum atomic E-state index is 12.6. The van der Waals surface area contributed by atoms with Crippen LogP contribution in [0.3, 0.4) is 0 Å². The Morgan fingerprint density at radius 1 is 0.913 bits per heavy atom. The molecule has 1 amide bonds. The molecule has 1 heterocycles. The molecule has 0 radical (unpaired) electrons. The minimum Gasteiger partial charge on any atom is -0.389 e. The van der Waals surface area contributed by atoms with Gasteiger partial charge in [-0.2, -0.15) is 0 Å². The van der Waals surface area contributed by atoms with Gasteiger partial charge in [0.15, 0.2) is 0 Å². The Hall–Kier alpha value is -0.610. The molecule has 1 N–H and O–H groups in total. The van der Waals surface area contributed by atoms with Gasteiger partial charge < -0.3 is 14.9 Å². The lowest BCUT2D eigenvalue weighted by atomic mass is 9.89. The summed E-state index contributed by atoms with van der Waals surface area (Å²) in [7, 11) is 0. The van der Waals surface area contributed by atoms with E-state index in [9.17, 15) is 9.90 Å². The Morgan fingerprint density at radius 2 is 1.65 bits per heavy atom. The molecule has 1 saturated heterocycles. The number of nitrogens with zero attached hydrogens (tertiary/aromatic N) is 2. The number of rotatable bonds is 4. The molecule has 4 nitrogen and oxygen atoms in total. The minimum absolute atomic E-state index is 0.175. The van der Waals surface area contributed by atoms with Gasteiger partial charge >= 0.3 is 0 Å². The zero-order valence-electron chi connectivity index (χ0n) is 14.6. The van der Waals surface area contributed by atoms with Crippen LogP contribution >= 0.6 is 0 Å². The standard InChI is InChI=1S/C19H34N2O2/c22-18(15-19(23)9-4-5-10-19)21-12-6-11-20(13-14-21)16-17-7-2-1-3-8-17/h17,23H,1-16H2. The van der Waals surface area contributed by atoms with Crippen molar-refractivity contribution in [1.82, 2.24) is 9.80 Å². The van der Waals surface area contributed by atoms with E-state index in [0.717, 1.165) is 64.2 Å². The van der Waals surface area contributed by atoms with Gasteiger partial charge in [-0.3, -0.25) is 4.79 Å². The lowest BCUT2D eigenvalue weighted by molar-refractivity contribution is -0.136. The molecule has 0 atom stereocenters. The van der Waals surface area contributed by atoms with E-state index in [2.05, 4.69) is 4.90 Å². The molecule has 132 valence electrons. The van der Waals surface area contributed by atoms with Crippen molar-refractivity contribution in [2.75, 3.05) is 32.7 Å². The number of hydrogen-bond donors (Lipinski definition) is 1. The molecule has 4 heteroatoms. The summed E-state index contributed by atoms with van der Waals surface area (Å²) in [5.74, 6) is 1.05. The Kier molecular flexibility index (Phi) is 5.97. The van der Waals surface area contributed by atoms with Crippen LogP contribution in [0.2, 0.25) is 0 Å². The van der Waals surface area contributed by atoms with Gasteiger partial charge in [0.05, 0.1) is 12.0 Å². The Balaban J connectivity index is 1.44. The van der Waals surface area contributed by atoms with Crippen molar-refractivity contribution in [2.24, 2.45) is 5.92 Å². The van der Waals surface area contributed by atoms with Gasteiger partial charge in [0.25, 0.3) is 0 Å². The summed E-state index contributed by atoms with van der Waals surface area (Å²) in [6, 6.07) is 0. The van der Waals surface area contributed by atoms with Crippen molar-refractivity contribution in [1.29, 1.82) is 0 Å². The fourth-order valence-corrected chi connectivity index (χ4v) is 4.74. The lowest BCUT2D eigenvalue weighted by Crippen LogP contribution is -2.40. The zero-order chi connectivity index (χ0) is 16.1. The van der Waals surface area contributed by atoms with Crippen molar-refractivity contribution < 1.29 is 9.90 Å². The third-order valence-electron chi connectivity index (χ3n) is 6.20. The molecule has 3 fully saturated rings. The number of hydrogen-bond acceptors (Lipinski definition) is 3. The molecule has 0 aromatic carbocycles. The third kappa shape index (κ3) is 4.93. The van der Waals surface area contributed by atoms with Crippen molar-refractivity contribution >= 4 is 5.91 Å². The number of carbonyl (C=O) groups excluding carboxylic acids is 1. The molecule has 3 aliphatic rings. The maximum Gasteiger partial charge on any atom is 0.225 e. The van der Waals surface area contributed by atoms with E-state index in [-0.39, 0.29) is 5.91 Å². The number of aliphatic hydroxyl groups is 1. The zero-order valence-corrected chi connectivity index (χ0v) is 14.6. The van der Waals surface area contributed by atoms with Crippen molar-refractivity contribution in [2.45, 2.75) is 76.2 Å².